The Morgan fingerprint density at radius 1 is 1.33 bits per heavy atom. The van der Waals surface area contributed by atoms with Crippen molar-refractivity contribution >= 4 is 36.7 Å². The van der Waals surface area contributed by atoms with Crippen LogP contribution in [-0.2, 0) is 16.4 Å². The van der Waals surface area contributed by atoms with Crippen LogP contribution in [0.4, 0.5) is 0 Å². The van der Waals surface area contributed by atoms with Gasteiger partial charge in [0, 0.05) is 22.6 Å². The molecule has 1 aliphatic rings. The van der Waals surface area contributed by atoms with E-state index in [1.165, 1.54) is 0 Å². The summed E-state index contributed by atoms with van der Waals surface area (Å²) in [4.78, 5) is 4.45. The molecular formula is C15H17BrN2O2S. The van der Waals surface area contributed by atoms with E-state index in [2.05, 4.69) is 32.3 Å². The van der Waals surface area contributed by atoms with Gasteiger partial charge in [-0.15, -0.1) is 0 Å². The Kier molecular flexibility index (Phi) is 4.28. The quantitative estimate of drug-likeness (QED) is 0.900. The Morgan fingerprint density at radius 2 is 2.19 bits per heavy atom. The van der Waals surface area contributed by atoms with Gasteiger partial charge in [-0.25, -0.2) is 8.42 Å². The first-order chi connectivity index (χ1) is 10.1. The maximum atomic E-state index is 11.4. The molecule has 1 N–H and O–H groups in total. The summed E-state index contributed by atoms with van der Waals surface area (Å²) >= 11 is 3.54. The van der Waals surface area contributed by atoms with Gasteiger partial charge in [-0.2, -0.15) is 0 Å². The van der Waals surface area contributed by atoms with Gasteiger partial charge in [0.25, 0.3) is 0 Å². The van der Waals surface area contributed by atoms with Crippen LogP contribution in [0.1, 0.15) is 12.0 Å². The first-order valence-electron chi connectivity index (χ1n) is 6.98. The lowest BCUT2D eigenvalue weighted by Crippen LogP contribution is -2.23. The van der Waals surface area contributed by atoms with Crippen molar-refractivity contribution in [1.29, 1.82) is 0 Å². The molecule has 3 rings (SSSR count). The Bertz CT molecular complexity index is 761. The van der Waals surface area contributed by atoms with Gasteiger partial charge in [0.2, 0.25) is 0 Å². The van der Waals surface area contributed by atoms with Crippen LogP contribution in [0.2, 0.25) is 0 Å². The van der Waals surface area contributed by atoms with Crippen molar-refractivity contribution in [3.8, 4) is 0 Å². The SMILES string of the molecule is O=S1(=O)CCC(CNCc2ccc(Br)c3cccnc23)C1. The maximum absolute atomic E-state index is 11.4. The van der Waals surface area contributed by atoms with Crippen LogP contribution >= 0.6 is 15.9 Å². The van der Waals surface area contributed by atoms with E-state index in [1.807, 2.05) is 18.2 Å². The molecule has 0 spiro atoms. The average molecular weight is 369 g/mol. The fraction of sp³-hybridized carbons (Fsp3) is 0.400. The standard InChI is InChI=1S/C15H17BrN2O2S/c16-14-4-3-12(15-13(14)2-1-6-18-15)9-17-8-11-5-7-21(19,20)10-11/h1-4,6,11,17H,5,7-10H2. The molecule has 0 saturated carbocycles. The van der Waals surface area contributed by atoms with E-state index in [1.54, 1.807) is 6.20 Å². The molecule has 2 aromatic rings. The lowest BCUT2D eigenvalue weighted by molar-refractivity contribution is 0.521. The molecule has 1 fully saturated rings. The Balaban J connectivity index is 1.68. The number of hydrogen-bond donors (Lipinski definition) is 1. The van der Waals surface area contributed by atoms with Gasteiger partial charge in [-0.05, 0) is 36.6 Å². The van der Waals surface area contributed by atoms with Crippen LogP contribution in [0.5, 0.6) is 0 Å². The minimum Gasteiger partial charge on any atom is -0.312 e. The van der Waals surface area contributed by atoms with E-state index in [0.717, 1.165) is 33.9 Å². The summed E-state index contributed by atoms with van der Waals surface area (Å²) in [6.45, 7) is 1.45. The van der Waals surface area contributed by atoms with Crippen LogP contribution in [0.25, 0.3) is 10.9 Å². The number of aromatic nitrogens is 1. The molecule has 6 heteroatoms. The highest BCUT2D eigenvalue weighted by Crippen LogP contribution is 2.25. The van der Waals surface area contributed by atoms with Gasteiger partial charge in [0.1, 0.15) is 0 Å². The van der Waals surface area contributed by atoms with Crippen LogP contribution < -0.4 is 5.32 Å². The summed E-state index contributed by atoms with van der Waals surface area (Å²) in [5.74, 6) is 0.895. The molecule has 1 saturated heterocycles. The summed E-state index contributed by atoms with van der Waals surface area (Å²) in [5, 5.41) is 4.47. The molecular weight excluding hydrogens is 352 g/mol. The molecule has 1 atom stereocenters. The molecule has 0 radical (unpaired) electrons. The number of sulfone groups is 1. The maximum Gasteiger partial charge on any atom is 0.150 e. The van der Waals surface area contributed by atoms with Crippen LogP contribution in [0.3, 0.4) is 0 Å². The summed E-state index contributed by atoms with van der Waals surface area (Å²) in [6, 6.07) is 8.05. The second kappa shape index (κ2) is 6.02. The zero-order chi connectivity index (χ0) is 14.9. The second-order valence-corrected chi connectivity index (χ2v) is 8.59. The number of fused-ring (bicyclic) bond motifs is 1. The van der Waals surface area contributed by atoms with Crippen molar-refractivity contribution in [1.82, 2.24) is 10.3 Å². The molecule has 1 aromatic heterocycles. The molecule has 21 heavy (non-hydrogen) atoms. The zero-order valence-corrected chi connectivity index (χ0v) is 14.0. The van der Waals surface area contributed by atoms with E-state index in [4.69, 9.17) is 0 Å². The number of nitrogens with one attached hydrogen (secondary N) is 1. The van der Waals surface area contributed by atoms with Gasteiger partial charge in [0.05, 0.1) is 17.0 Å². The number of hydrogen-bond acceptors (Lipinski definition) is 4. The normalized spacial score (nSPS) is 20.9. The number of benzene rings is 1. The third-order valence-corrected chi connectivity index (χ3v) is 6.40. The Labute approximate surface area is 133 Å². The molecule has 2 heterocycles. The van der Waals surface area contributed by atoms with Crippen molar-refractivity contribution in [3.05, 3.63) is 40.5 Å². The van der Waals surface area contributed by atoms with Gasteiger partial charge in [-0.3, -0.25) is 4.98 Å². The Hall–Kier alpha value is -0.980. The topological polar surface area (TPSA) is 59.1 Å². The number of halogens is 1. The van der Waals surface area contributed by atoms with Crippen LogP contribution in [0.15, 0.2) is 34.9 Å². The van der Waals surface area contributed by atoms with Gasteiger partial charge >= 0.3 is 0 Å². The highest BCUT2D eigenvalue weighted by Gasteiger charge is 2.27. The van der Waals surface area contributed by atoms with E-state index < -0.39 is 9.84 Å². The van der Waals surface area contributed by atoms with Crippen LogP contribution in [-0.4, -0.2) is 31.5 Å². The first-order valence-corrected chi connectivity index (χ1v) is 9.60. The fourth-order valence-corrected chi connectivity index (χ4v) is 5.10. The summed E-state index contributed by atoms with van der Waals surface area (Å²) < 4.78 is 23.9. The van der Waals surface area contributed by atoms with E-state index in [0.29, 0.717) is 18.1 Å². The minimum absolute atomic E-state index is 0.240. The Morgan fingerprint density at radius 3 is 2.95 bits per heavy atom. The predicted octanol–water partition coefficient (Wildman–Crippen LogP) is 2.52. The molecule has 0 aliphatic carbocycles. The molecule has 4 nitrogen and oxygen atoms in total. The molecule has 0 amide bonds. The number of nitrogens with zero attached hydrogens (tertiary/aromatic N) is 1. The molecule has 1 aliphatic heterocycles. The molecule has 112 valence electrons. The second-order valence-electron chi connectivity index (χ2n) is 5.51. The average Bonchev–Trinajstić information content (AvgIpc) is 2.81. The van der Waals surface area contributed by atoms with Crippen molar-refractivity contribution < 1.29 is 8.42 Å². The summed E-state index contributed by atoms with van der Waals surface area (Å²) in [7, 11) is -2.79. The highest BCUT2D eigenvalue weighted by molar-refractivity contribution is 9.10. The predicted molar refractivity (Wildman–Crippen MR) is 87.9 cm³/mol. The number of rotatable bonds is 4. The van der Waals surface area contributed by atoms with Crippen molar-refractivity contribution in [2.75, 3.05) is 18.1 Å². The summed E-state index contributed by atoms with van der Waals surface area (Å²) in [5.41, 5.74) is 2.12. The van der Waals surface area contributed by atoms with Crippen LogP contribution in [0, 0.1) is 5.92 Å². The van der Waals surface area contributed by atoms with E-state index >= 15 is 0 Å². The minimum atomic E-state index is -2.79. The first kappa shape index (κ1) is 14.9. The lowest BCUT2D eigenvalue weighted by Gasteiger charge is -2.11. The molecule has 1 unspecified atom stereocenters. The molecule has 0 bridgehead atoms. The van der Waals surface area contributed by atoms with Crippen molar-refractivity contribution in [2.45, 2.75) is 13.0 Å². The molecule has 1 aromatic carbocycles. The third kappa shape index (κ3) is 3.44. The zero-order valence-electron chi connectivity index (χ0n) is 11.5. The van der Waals surface area contributed by atoms with E-state index in [9.17, 15) is 8.42 Å². The third-order valence-electron chi connectivity index (χ3n) is 3.88. The largest absolute Gasteiger partial charge is 0.312 e. The summed E-state index contributed by atoms with van der Waals surface area (Å²) in [6.07, 6.45) is 2.57. The fourth-order valence-electron chi connectivity index (χ4n) is 2.78. The van der Waals surface area contributed by atoms with Crippen molar-refractivity contribution in [3.63, 3.8) is 0 Å². The van der Waals surface area contributed by atoms with Gasteiger partial charge in [-0.1, -0.05) is 28.1 Å². The van der Waals surface area contributed by atoms with Gasteiger partial charge < -0.3 is 5.32 Å². The smallest absolute Gasteiger partial charge is 0.150 e. The number of pyridine rings is 1. The van der Waals surface area contributed by atoms with Gasteiger partial charge in [0.15, 0.2) is 9.84 Å². The van der Waals surface area contributed by atoms with Crippen molar-refractivity contribution in [2.24, 2.45) is 5.92 Å². The highest BCUT2D eigenvalue weighted by atomic mass is 79.9. The van der Waals surface area contributed by atoms with E-state index in [-0.39, 0.29) is 5.92 Å². The monoisotopic (exact) mass is 368 g/mol. The lowest BCUT2D eigenvalue weighted by atomic mass is 10.1.